The van der Waals surface area contributed by atoms with E-state index in [-0.39, 0.29) is 0 Å². The van der Waals surface area contributed by atoms with Crippen molar-refractivity contribution in [1.29, 1.82) is 5.26 Å². The van der Waals surface area contributed by atoms with E-state index >= 15 is 0 Å². The Morgan fingerprint density at radius 2 is 1.71 bits per heavy atom. The number of nitriles is 1. The average Bonchev–Trinajstić information content (AvgIpc) is 3.56. The Labute approximate surface area is 215 Å². The fourth-order valence-corrected chi connectivity index (χ4v) is 4.69. The van der Waals surface area contributed by atoms with E-state index in [1.54, 1.807) is 7.11 Å². The molecule has 0 fully saturated rings. The molecule has 0 saturated heterocycles. The SMILES string of the molecule is COc1ccc(-c2nn(-c3ccccc3)cc2C=C(C#N)c2nc(-c3ccc(Br)cc3)cs2)cc1. The van der Waals surface area contributed by atoms with E-state index in [1.165, 1.54) is 11.3 Å². The first kappa shape index (κ1) is 22.8. The summed E-state index contributed by atoms with van der Waals surface area (Å²) in [7, 11) is 1.64. The number of methoxy groups -OCH3 is 1. The minimum Gasteiger partial charge on any atom is -0.497 e. The van der Waals surface area contributed by atoms with Gasteiger partial charge in [-0.15, -0.1) is 11.3 Å². The van der Waals surface area contributed by atoms with Crippen molar-refractivity contribution in [3.8, 4) is 40.0 Å². The fourth-order valence-electron chi connectivity index (χ4n) is 3.63. The van der Waals surface area contributed by atoms with Crippen LogP contribution in [0.3, 0.4) is 0 Å². The third-order valence-electron chi connectivity index (χ3n) is 5.42. The normalized spacial score (nSPS) is 11.3. The number of benzene rings is 3. The Morgan fingerprint density at radius 3 is 2.40 bits per heavy atom. The van der Waals surface area contributed by atoms with Crippen molar-refractivity contribution >= 4 is 38.9 Å². The summed E-state index contributed by atoms with van der Waals surface area (Å²) in [6.45, 7) is 0. The maximum atomic E-state index is 10.0. The first-order valence-corrected chi connectivity index (χ1v) is 12.4. The molecule has 0 aliphatic heterocycles. The molecule has 2 heterocycles. The number of nitrogens with zero attached hydrogens (tertiary/aromatic N) is 4. The molecule has 2 aromatic heterocycles. The van der Waals surface area contributed by atoms with Crippen LogP contribution < -0.4 is 4.74 Å². The molecule has 35 heavy (non-hydrogen) atoms. The summed E-state index contributed by atoms with van der Waals surface area (Å²) in [6, 6.07) is 27.9. The Kier molecular flexibility index (Phi) is 6.57. The largest absolute Gasteiger partial charge is 0.497 e. The summed E-state index contributed by atoms with van der Waals surface area (Å²) in [5.74, 6) is 0.773. The zero-order valence-corrected chi connectivity index (χ0v) is 21.1. The molecule has 0 N–H and O–H groups in total. The lowest BCUT2D eigenvalue weighted by Gasteiger charge is -2.03. The average molecular weight is 539 g/mol. The highest BCUT2D eigenvalue weighted by Gasteiger charge is 2.15. The van der Waals surface area contributed by atoms with E-state index in [1.807, 2.05) is 101 Å². The minimum atomic E-state index is 0.487. The maximum Gasteiger partial charge on any atom is 0.134 e. The monoisotopic (exact) mass is 538 g/mol. The molecule has 3 aromatic carbocycles. The summed E-state index contributed by atoms with van der Waals surface area (Å²) >= 11 is 4.92. The molecular formula is C28H19BrN4OS. The van der Waals surface area contributed by atoms with Crippen LogP contribution >= 0.6 is 27.3 Å². The zero-order valence-electron chi connectivity index (χ0n) is 18.7. The van der Waals surface area contributed by atoms with Crippen LogP contribution in [-0.2, 0) is 0 Å². The number of hydrogen-bond donors (Lipinski definition) is 0. The summed E-state index contributed by atoms with van der Waals surface area (Å²) in [5, 5.41) is 17.5. The summed E-state index contributed by atoms with van der Waals surface area (Å²) in [4.78, 5) is 4.74. The maximum absolute atomic E-state index is 10.0. The first-order valence-electron chi connectivity index (χ1n) is 10.8. The van der Waals surface area contributed by atoms with Gasteiger partial charge in [0.25, 0.3) is 0 Å². The van der Waals surface area contributed by atoms with Crippen LogP contribution in [0.25, 0.3) is 39.9 Å². The van der Waals surface area contributed by atoms with Gasteiger partial charge in [0.05, 0.1) is 29.8 Å². The van der Waals surface area contributed by atoms with Gasteiger partial charge in [-0.25, -0.2) is 9.67 Å². The molecular weight excluding hydrogens is 520 g/mol. The van der Waals surface area contributed by atoms with Crippen molar-refractivity contribution < 1.29 is 4.74 Å². The topological polar surface area (TPSA) is 63.7 Å². The number of aromatic nitrogens is 3. The molecule has 0 spiro atoms. The number of para-hydroxylation sites is 1. The van der Waals surface area contributed by atoms with Crippen LogP contribution in [0.15, 0.2) is 94.9 Å². The van der Waals surface area contributed by atoms with Crippen LogP contribution in [-0.4, -0.2) is 21.9 Å². The number of allylic oxidation sites excluding steroid dienone is 1. The molecule has 0 unspecified atom stereocenters. The lowest BCUT2D eigenvalue weighted by atomic mass is 10.1. The second-order valence-corrected chi connectivity index (χ2v) is 9.43. The van der Waals surface area contributed by atoms with E-state index in [0.29, 0.717) is 10.6 Å². The smallest absolute Gasteiger partial charge is 0.134 e. The van der Waals surface area contributed by atoms with Crippen molar-refractivity contribution in [2.75, 3.05) is 7.11 Å². The third kappa shape index (κ3) is 4.94. The summed E-state index contributed by atoms with van der Waals surface area (Å²) in [6.07, 6.45) is 3.80. The van der Waals surface area contributed by atoms with E-state index in [2.05, 4.69) is 22.0 Å². The first-order chi connectivity index (χ1) is 17.1. The predicted molar refractivity (Wildman–Crippen MR) is 144 cm³/mol. The predicted octanol–water partition coefficient (Wildman–Crippen LogP) is 7.50. The second kappa shape index (κ2) is 10.1. The second-order valence-electron chi connectivity index (χ2n) is 7.66. The van der Waals surface area contributed by atoms with Gasteiger partial charge in [0.1, 0.15) is 16.8 Å². The highest BCUT2D eigenvalue weighted by atomic mass is 79.9. The Bertz CT molecular complexity index is 1530. The Morgan fingerprint density at radius 1 is 1.00 bits per heavy atom. The molecule has 0 bridgehead atoms. The Hall–Kier alpha value is -3.99. The van der Waals surface area contributed by atoms with Gasteiger partial charge < -0.3 is 4.74 Å². The van der Waals surface area contributed by atoms with Gasteiger partial charge in [-0.1, -0.05) is 46.3 Å². The van der Waals surface area contributed by atoms with E-state index < -0.39 is 0 Å². The van der Waals surface area contributed by atoms with Crippen LogP contribution in [0.5, 0.6) is 5.75 Å². The number of hydrogen-bond acceptors (Lipinski definition) is 5. The van der Waals surface area contributed by atoms with Gasteiger partial charge in [0.2, 0.25) is 0 Å². The van der Waals surface area contributed by atoms with Crippen LogP contribution in [0, 0.1) is 11.3 Å². The van der Waals surface area contributed by atoms with Crippen molar-refractivity contribution in [2.24, 2.45) is 0 Å². The number of rotatable bonds is 6. The molecule has 7 heteroatoms. The van der Waals surface area contributed by atoms with Crippen LogP contribution in [0.1, 0.15) is 10.6 Å². The third-order valence-corrected chi connectivity index (χ3v) is 6.83. The molecule has 0 aliphatic carbocycles. The highest BCUT2D eigenvalue weighted by molar-refractivity contribution is 9.10. The van der Waals surface area contributed by atoms with Crippen molar-refractivity contribution in [2.45, 2.75) is 0 Å². The van der Waals surface area contributed by atoms with Crippen molar-refractivity contribution in [1.82, 2.24) is 14.8 Å². The van der Waals surface area contributed by atoms with Gasteiger partial charge in [-0.3, -0.25) is 0 Å². The van der Waals surface area contributed by atoms with E-state index in [0.717, 1.165) is 44.0 Å². The van der Waals surface area contributed by atoms with Gasteiger partial charge in [-0.2, -0.15) is 10.4 Å². The Balaban J connectivity index is 1.58. The van der Waals surface area contributed by atoms with Crippen LogP contribution in [0.4, 0.5) is 0 Å². The number of thiazole rings is 1. The fraction of sp³-hybridized carbons (Fsp3) is 0.0357. The highest BCUT2D eigenvalue weighted by Crippen LogP contribution is 2.31. The number of ether oxygens (including phenoxy) is 1. The van der Waals surface area contributed by atoms with E-state index in [4.69, 9.17) is 14.8 Å². The molecule has 5 rings (SSSR count). The van der Waals surface area contributed by atoms with E-state index in [9.17, 15) is 5.26 Å². The molecule has 0 saturated carbocycles. The minimum absolute atomic E-state index is 0.487. The van der Waals surface area contributed by atoms with Gasteiger partial charge in [-0.05, 0) is 54.6 Å². The van der Waals surface area contributed by atoms with Gasteiger partial charge in [0, 0.05) is 32.7 Å². The molecule has 0 amide bonds. The zero-order chi connectivity index (χ0) is 24.2. The van der Waals surface area contributed by atoms with Crippen molar-refractivity contribution in [3.63, 3.8) is 0 Å². The molecule has 170 valence electrons. The molecule has 0 atom stereocenters. The van der Waals surface area contributed by atoms with Gasteiger partial charge in [0.15, 0.2) is 0 Å². The summed E-state index contributed by atoms with van der Waals surface area (Å²) in [5.41, 5.74) is 5.80. The van der Waals surface area contributed by atoms with Crippen LogP contribution in [0.2, 0.25) is 0 Å². The quantitative estimate of drug-likeness (QED) is 0.210. The lowest BCUT2D eigenvalue weighted by Crippen LogP contribution is -1.94. The lowest BCUT2D eigenvalue weighted by molar-refractivity contribution is 0.415. The molecule has 0 radical (unpaired) electrons. The number of halogens is 1. The standard InChI is InChI=1S/C28H19BrN4OS/c1-34-25-13-9-20(10-14-25)27-22(17-33(32-27)24-5-3-2-4-6-24)15-21(16-30)28-31-26(18-35-28)19-7-11-23(29)12-8-19/h2-15,17-18H,1H3. The van der Waals surface area contributed by atoms with Gasteiger partial charge >= 0.3 is 0 Å². The molecule has 5 nitrogen and oxygen atoms in total. The van der Waals surface area contributed by atoms with Crippen molar-refractivity contribution in [3.05, 3.63) is 105 Å². The molecule has 5 aromatic rings. The summed E-state index contributed by atoms with van der Waals surface area (Å²) < 4.78 is 8.14. The molecule has 0 aliphatic rings.